The predicted molar refractivity (Wildman–Crippen MR) is 111 cm³/mol. The monoisotopic (exact) mass is 431 g/mol. The highest BCUT2D eigenvalue weighted by molar-refractivity contribution is 7.91. The second kappa shape index (κ2) is 7.03. The molecule has 2 aromatic rings. The Morgan fingerprint density at radius 2 is 2.20 bits per heavy atom. The molecule has 0 saturated heterocycles. The molecule has 0 radical (unpaired) electrons. The van der Waals surface area contributed by atoms with E-state index in [1.807, 2.05) is 0 Å². The van der Waals surface area contributed by atoms with Gasteiger partial charge in [0, 0.05) is 11.4 Å². The Bertz CT molecular complexity index is 1170. The Morgan fingerprint density at radius 1 is 1.37 bits per heavy atom. The van der Waals surface area contributed by atoms with Crippen LogP contribution in [0.4, 0.5) is 10.5 Å². The molecule has 3 aliphatic rings. The van der Waals surface area contributed by atoms with Gasteiger partial charge in [-0.05, 0) is 49.1 Å². The lowest BCUT2D eigenvalue weighted by Gasteiger charge is -2.21. The molecule has 2 aromatic heterocycles. The van der Waals surface area contributed by atoms with Gasteiger partial charge in [0.1, 0.15) is 11.5 Å². The summed E-state index contributed by atoms with van der Waals surface area (Å²) in [4.78, 5) is 17.7. The number of hydrogen-bond acceptors (Lipinski definition) is 6. The molecule has 0 spiro atoms. The van der Waals surface area contributed by atoms with Gasteiger partial charge in [-0.1, -0.05) is 6.92 Å². The Kier molecular flexibility index (Phi) is 4.56. The normalized spacial score (nSPS) is 23.7. The van der Waals surface area contributed by atoms with E-state index in [9.17, 15) is 9.00 Å². The van der Waals surface area contributed by atoms with Crippen molar-refractivity contribution in [1.82, 2.24) is 14.8 Å². The first-order valence-corrected chi connectivity index (χ1v) is 11.8. The molecule has 0 fully saturated rings. The first kappa shape index (κ1) is 19.5. The van der Waals surface area contributed by atoms with E-state index in [1.54, 1.807) is 0 Å². The van der Waals surface area contributed by atoms with Gasteiger partial charge in [0.05, 0.1) is 24.5 Å². The first-order valence-electron chi connectivity index (χ1n) is 10.2. The van der Waals surface area contributed by atoms with Crippen molar-refractivity contribution >= 4 is 21.6 Å². The SMILES string of the molecule is CC1CCc2c1nc1c(c2NC(=O)N=S(N)(=O)c2cnn3c2OCC(N)C3)CCC1. The van der Waals surface area contributed by atoms with Gasteiger partial charge < -0.3 is 15.8 Å². The highest BCUT2D eigenvalue weighted by atomic mass is 32.2. The van der Waals surface area contributed by atoms with E-state index < -0.39 is 15.9 Å². The molecule has 1 aliphatic heterocycles. The van der Waals surface area contributed by atoms with Crippen molar-refractivity contribution < 1.29 is 13.7 Å². The summed E-state index contributed by atoms with van der Waals surface area (Å²) in [6.07, 6.45) is 5.97. The van der Waals surface area contributed by atoms with Crippen molar-refractivity contribution in [2.24, 2.45) is 15.2 Å². The second-order valence-corrected chi connectivity index (χ2v) is 9.99. The number of carbonyl (C=O) groups excluding carboxylic acids is 1. The van der Waals surface area contributed by atoms with Crippen LogP contribution in [0.3, 0.4) is 0 Å². The second-order valence-electron chi connectivity index (χ2n) is 8.23. The van der Waals surface area contributed by atoms with E-state index in [-0.39, 0.29) is 23.4 Å². The third kappa shape index (κ3) is 3.17. The summed E-state index contributed by atoms with van der Waals surface area (Å²) < 4.78 is 23.9. The van der Waals surface area contributed by atoms with Gasteiger partial charge in [-0.2, -0.15) is 5.10 Å². The summed E-state index contributed by atoms with van der Waals surface area (Å²) in [5.41, 5.74) is 10.9. The highest BCUT2D eigenvalue weighted by Gasteiger charge is 2.31. The van der Waals surface area contributed by atoms with E-state index in [2.05, 4.69) is 21.7 Å². The van der Waals surface area contributed by atoms with Crippen molar-refractivity contribution in [2.45, 2.75) is 62.4 Å². The summed E-state index contributed by atoms with van der Waals surface area (Å²) in [7, 11) is -3.54. The van der Waals surface area contributed by atoms with E-state index in [0.29, 0.717) is 12.5 Å². The molecule has 160 valence electrons. The number of pyridine rings is 1. The minimum Gasteiger partial charge on any atom is -0.475 e. The number of carbonyl (C=O) groups is 1. The van der Waals surface area contributed by atoms with E-state index in [1.165, 1.54) is 10.9 Å². The molecule has 3 unspecified atom stereocenters. The molecule has 11 heteroatoms. The molecule has 3 heterocycles. The number of fused-ring (bicyclic) bond motifs is 3. The maximum Gasteiger partial charge on any atom is 0.354 e. The number of amides is 2. The van der Waals surface area contributed by atoms with Gasteiger partial charge in [-0.15, -0.1) is 4.36 Å². The third-order valence-corrected chi connectivity index (χ3v) is 7.36. The summed E-state index contributed by atoms with van der Waals surface area (Å²) in [5.74, 6) is 0.611. The van der Waals surface area contributed by atoms with Crippen LogP contribution < -0.4 is 20.9 Å². The smallest absolute Gasteiger partial charge is 0.354 e. The third-order valence-electron chi connectivity index (χ3n) is 6.02. The molecule has 0 bridgehead atoms. The van der Waals surface area contributed by atoms with Crippen LogP contribution in [-0.4, -0.2) is 37.7 Å². The lowest BCUT2D eigenvalue weighted by Crippen LogP contribution is -2.37. The fourth-order valence-corrected chi connectivity index (χ4v) is 5.55. The summed E-state index contributed by atoms with van der Waals surface area (Å²) in [5, 5.41) is 13.0. The number of urea groups is 1. The average molecular weight is 432 g/mol. The number of ether oxygens (including phenoxy) is 1. The van der Waals surface area contributed by atoms with Crippen LogP contribution in [0, 0.1) is 0 Å². The average Bonchev–Trinajstić information content (AvgIpc) is 3.40. The van der Waals surface area contributed by atoms with Crippen LogP contribution in [-0.2, 0) is 35.7 Å². The molecule has 2 amide bonds. The summed E-state index contributed by atoms with van der Waals surface area (Å²) >= 11 is 0. The summed E-state index contributed by atoms with van der Waals surface area (Å²) in [6, 6.07) is -0.949. The highest BCUT2D eigenvalue weighted by Crippen LogP contribution is 2.41. The van der Waals surface area contributed by atoms with Gasteiger partial charge >= 0.3 is 6.03 Å². The molecular weight excluding hydrogens is 406 g/mol. The molecular formula is C19H25N7O3S. The molecule has 0 aromatic carbocycles. The Labute approximate surface area is 174 Å². The number of nitrogens with zero attached hydrogens (tertiary/aromatic N) is 4. The van der Waals surface area contributed by atoms with Crippen LogP contribution in [0.1, 0.15) is 48.2 Å². The number of nitrogens with two attached hydrogens (primary N) is 2. The Balaban J connectivity index is 1.48. The molecule has 5 rings (SSSR count). The van der Waals surface area contributed by atoms with Gasteiger partial charge in [-0.25, -0.2) is 18.8 Å². The molecule has 0 saturated carbocycles. The number of aryl methyl sites for hydroxylation is 1. The Morgan fingerprint density at radius 3 is 3.03 bits per heavy atom. The predicted octanol–water partition coefficient (Wildman–Crippen LogP) is 1.47. The minimum absolute atomic E-state index is 0.100. The standard InChI is InChI=1S/C19H25N7O3S/c1-10-5-6-13-16(10)23-14-4-2-3-12(14)17(13)24-19(27)25-30(21,28)15-7-22-26-8-11(20)9-29-18(15)26/h7,10-11H,2-6,8-9,20H2,1H3,(H3,21,23,24,25,27,28). The number of aromatic nitrogens is 3. The zero-order valence-electron chi connectivity index (χ0n) is 16.8. The molecule has 2 aliphatic carbocycles. The van der Waals surface area contributed by atoms with E-state index in [4.69, 9.17) is 20.6 Å². The number of nitrogens with one attached hydrogen (secondary N) is 1. The fourth-order valence-electron chi connectivity index (χ4n) is 4.55. The van der Waals surface area contributed by atoms with Crippen molar-refractivity contribution in [2.75, 3.05) is 11.9 Å². The Hall–Kier alpha value is -2.50. The van der Waals surface area contributed by atoms with E-state index >= 15 is 0 Å². The lowest BCUT2D eigenvalue weighted by atomic mass is 10.0. The van der Waals surface area contributed by atoms with Crippen LogP contribution in [0.25, 0.3) is 0 Å². The maximum atomic E-state index is 13.1. The molecule has 10 nitrogen and oxygen atoms in total. The number of anilines is 1. The maximum absolute atomic E-state index is 13.1. The van der Waals surface area contributed by atoms with Crippen LogP contribution >= 0.6 is 0 Å². The quantitative estimate of drug-likeness (QED) is 0.655. The van der Waals surface area contributed by atoms with Gasteiger partial charge in [0.2, 0.25) is 5.88 Å². The van der Waals surface area contributed by atoms with E-state index in [0.717, 1.165) is 60.3 Å². The topological polar surface area (TPSA) is 151 Å². The van der Waals surface area contributed by atoms with Crippen LogP contribution in [0.2, 0.25) is 0 Å². The summed E-state index contributed by atoms with van der Waals surface area (Å²) in [6.45, 7) is 2.83. The minimum atomic E-state index is -3.54. The van der Waals surface area contributed by atoms with Crippen molar-refractivity contribution in [3.05, 3.63) is 28.7 Å². The molecule has 5 N–H and O–H groups in total. The molecule has 30 heavy (non-hydrogen) atoms. The van der Waals surface area contributed by atoms with Crippen molar-refractivity contribution in [3.8, 4) is 5.88 Å². The molecule has 3 atom stereocenters. The van der Waals surface area contributed by atoms with Crippen LogP contribution in [0.15, 0.2) is 15.5 Å². The number of rotatable bonds is 2. The van der Waals surface area contributed by atoms with Crippen molar-refractivity contribution in [1.29, 1.82) is 0 Å². The lowest BCUT2D eigenvalue weighted by molar-refractivity contribution is 0.200. The number of hydrogen-bond donors (Lipinski definition) is 3. The van der Waals surface area contributed by atoms with Crippen LogP contribution in [0.5, 0.6) is 5.88 Å². The van der Waals surface area contributed by atoms with Gasteiger partial charge in [0.15, 0.2) is 9.92 Å². The largest absolute Gasteiger partial charge is 0.475 e. The van der Waals surface area contributed by atoms with Gasteiger partial charge in [-0.3, -0.25) is 4.98 Å². The first-order chi connectivity index (χ1) is 14.3. The van der Waals surface area contributed by atoms with Gasteiger partial charge in [0.25, 0.3) is 0 Å². The van der Waals surface area contributed by atoms with Crippen molar-refractivity contribution in [3.63, 3.8) is 0 Å². The zero-order valence-corrected chi connectivity index (χ0v) is 17.6. The zero-order chi connectivity index (χ0) is 21.0. The fraction of sp³-hybridized carbons (Fsp3) is 0.526.